The number of aromatic nitrogens is 1. The number of fused-ring (bicyclic) bond motifs is 1. The van der Waals surface area contributed by atoms with E-state index in [-0.39, 0.29) is 18.2 Å². The van der Waals surface area contributed by atoms with Crippen molar-refractivity contribution in [2.75, 3.05) is 13.7 Å². The molecular formula is C19H18ClN3O4. The van der Waals surface area contributed by atoms with Gasteiger partial charge in [-0.3, -0.25) is 4.79 Å². The molecule has 0 fully saturated rings. The predicted octanol–water partition coefficient (Wildman–Crippen LogP) is 4.72. The van der Waals surface area contributed by atoms with Crippen LogP contribution in [0.15, 0.2) is 52.7 Å². The molecule has 1 amide bonds. The van der Waals surface area contributed by atoms with Gasteiger partial charge in [-0.1, -0.05) is 11.6 Å². The number of aryl methyl sites for hydroxylation is 1. The highest BCUT2D eigenvalue weighted by atomic mass is 35.5. The van der Waals surface area contributed by atoms with E-state index in [1.807, 2.05) is 6.92 Å². The molecule has 0 aliphatic carbocycles. The molecule has 0 bridgehead atoms. The molecule has 27 heavy (non-hydrogen) atoms. The van der Waals surface area contributed by atoms with Gasteiger partial charge in [-0.25, -0.2) is 0 Å². The topological polar surface area (TPSA) is 85.4 Å². The number of azo groups is 1. The first-order valence-corrected chi connectivity index (χ1v) is 8.63. The second kappa shape index (κ2) is 8.09. The maximum absolute atomic E-state index is 12.0. The van der Waals surface area contributed by atoms with E-state index in [4.69, 9.17) is 21.1 Å². The lowest BCUT2D eigenvalue weighted by Gasteiger charge is -2.04. The summed E-state index contributed by atoms with van der Waals surface area (Å²) in [5, 5.41) is 19.1. The highest BCUT2D eigenvalue weighted by Crippen LogP contribution is 2.39. The number of amides is 1. The van der Waals surface area contributed by atoms with Gasteiger partial charge in [-0.2, -0.15) is 0 Å². The standard InChI is InChI=1S/C19H18ClN3O4/c1-3-23-16-9-4-12(20)10-15(16)18(19(23)25)22-21-17(24)11-27-14-7-5-13(26-2)6-8-14/h4-10,25H,3,11H2,1-2H3. The van der Waals surface area contributed by atoms with Crippen LogP contribution in [0.5, 0.6) is 17.4 Å². The van der Waals surface area contributed by atoms with Crippen molar-refractivity contribution < 1.29 is 19.4 Å². The Morgan fingerprint density at radius 3 is 2.56 bits per heavy atom. The van der Waals surface area contributed by atoms with Crippen molar-refractivity contribution in [1.82, 2.24) is 4.57 Å². The molecular weight excluding hydrogens is 370 g/mol. The van der Waals surface area contributed by atoms with Gasteiger partial charge in [0, 0.05) is 17.0 Å². The summed E-state index contributed by atoms with van der Waals surface area (Å²) in [6.07, 6.45) is 0. The minimum atomic E-state index is -0.579. The highest BCUT2D eigenvalue weighted by Gasteiger charge is 2.16. The molecule has 0 unspecified atom stereocenters. The Labute approximate surface area is 160 Å². The maximum atomic E-state index is 12.0. The molecule has 2 aromatic carbocycles. The summed E-state index contributed by atoms with van der Waals surface area (Å²) in [4.78, 5) is 12.0. The van der Waals surface area contributed by atoms with E-state index in [1.165, 1.54) is 0 Å². The van der Waals surface area contributed by atoms with Crippen LogP contribution in [0.25, 0.3) is 10.9 Å². The van der Waals surface area contributed by atoms with Gasteiger partial charge in [-0.05, 0) is 49.4 Å². The third-order valence-corrected chi connectivity index (χ3v) is 4.21. The van der Waals surface area contributed by atoms with Crippen LogP contribution in [0, 0.1) is 0 Å². The predicted molar refractivity (Wildman–Crippen MR) is 102 cm³/mol. The molecule has 1 N–H and O–H groups in total. The van der Waals surface area contributed by atoms with Crippen molar-refractivity contribution in [2.24, 2.45) is 10.2 Å². The van der Waals surface area contributed by atoms with E-state index in [0.29, 0.717) is 28.5 Å². The van der Waals surface area contributed by atoms with Crippen molar-refractivity contribution in [1.29, 1.82) is 0 Å². The number of hydrogen-bond donors (Lipinski definition) is 1. The summed E-state index contributed by atoms with van der Waals surface area (Å²) in [6, 6.07) is 12.0. The van der Waals surface area contributed by atoms with Crippen molar-refractivity contribution in [3.63, 3.8) is 0 Å². The van der Waals surface area contributed by atoms with Gasteiger partial charge in [0.05, 0.1) is 12.6 Å². The summed E-state index contributed by atoms with van der Waals surface area (Å²) in [5.74, 6) is 0.554. The molecule has 0 saturated heterocycles. The lowest BCUT2D eigenvalue weighted by atomic mass is 10.2. The van der Waals surface area contributed by atoms with Crippen LogP contribution in [-0.4, -0.2) is 29.3 Å². The van der Waals surface area contributed by atoms with Crippen LogP contribution in [0.1, 0.15) is 6.92 Å². The van der Waals surface area contributed by atoms with Crippen LogP contribution in [0.3, 0.4) is 0 Å². The number of carbonyl (C=O) groups is 1. The monoisotopic (exact) mass is 387 g/mol. The number of nitrogens with zero attached hydrogens (tertiary/aromatic N) is 3. The van der Waals surface area contributed by atoms with E-state index in [0.717, 1.165) is 5.52 Å². The number of ether oxygens (including phenoxy) is 2. The highest BCUT2D eigenvalue weighted by molar-refractivity contribution is 6.31. The molecule has 0 atom stereocenters. The van der Waals surface area contributed by atoms with Gasteiger partial charge in [0.25, 0.3) is 0 Å². The van der Waals surface area contributed by atoms with Gasteiger partial charge >= 0.3 is 5.91 Å². The summed E-state index contributed by atoms with van der Waals surface area (Å²) in [5.41, 5.74) is 0.961. The lowest BCUT2D eigenvalue weighted by Crippen LogP contribution is -2.07. The fraction of sp³-hybridized carbons (Fsp3) is 0.211. The largest absolute Gasteiger partial charge is 0.497 e. The zero-order valence-corrected chi connectivity index (χ0v) is 15.6. The van der Waals surface area contributed by atoms with E-state index < -0.39 is 5.91 Å². The summed E-state index contributed by atoms with van der Waals surface area (Å²) < 4.78 is 12.1. The Morgan fingerprint density at radius 2 is 1.89 bits per heavy atom. The van der Waals surface area contributed by atoms with Crippen molar-refractivity contribution in [2.45, 2.75) is 13.5 Å². The molecule has 0 saturated carbocycles. The number of hydrogen-bond acceptors (Lipinski definition) is 5. The number of aromatic hydroxyl groups is 1. The molecule has 0 aliphatic rings. The van der Waals surface area contributed by atoms with Crippen LogP contribution in [0.4, 0.5) is 5.69 Å². The van der Waals surface area contributed by atoms with Crippen LogP contribution in [-0.2, 0) is 11.3 Å². The van der Waals surface area contributed by atoms with E-state index in [2.05, 4.69) is 10.2 Å². The zero-order chi connectivity index (χ0) is 19.4. The first-order valence-electron chi connectivity index (χ1n) is 8.25. The number of benzene rings is 2. The average molecular weight is 388 g/mol. The summed E-state index contributed by atoms with van der Waals surface area (Å²) in [7, 11) is 1.57. The number of rotatable bonds is 6. The van der Waals surface area contributed by atoms with Gasteiger partial charge in [0.2, 0.25) is 5.88 Å². The Bertz CT molecular complexity index is 996. The third kappa shape index (κ3) is 4.03. The number of carbonyl (C=O) groups excluding carboxylic acids is 1. The van der Waals surface area contributed by atoms with E-state index in [1.54, 1.807) is 54.1 Å². The van der Waals surface area contributed by atoms with Gasteiger partial charge in [0.1, 0.15) is 11.5 Å². The summed E-state index contributed by atoms with van der Waals surface area (Å²) >= 11 is 6.04. The Balaban J connectivity index is 1.75. The first kappa shape index (κ1) is 18.7. The quantitative estimate of drug-likeness (QED) is 0.620. The third-order valence-electron chi connectivity index (χ3n) is 3.97. The minimum Gasteiger partial charge on any atom is -0.497 e. The molecule has 1 heterocycles. The lowest BCUT2D eigenvalue weighted by molar-refractivity contribution is -0.120. The smallest absolute Gasteiger partial charge is 0.302 e. The Morgan fingerprint density at radius 1 is 1.19 bits per heavy atom. The molecule has 0 aliphatic heterocycles. The van der Waals surface area contributed by atoms with E-state index >= 15 is 0 Å². The van der Waals surface area contributed by atoms with Crippen molar-refractivity contribution >= 4 is 34.1 Å². The van der Waals surface area contributed by atoms with Gasteiger partial charge in [0.15, 0.2) is 12.3 Å². The average Bonchev–Trinajstić information content (AvgIpc) is 2.95. The first-order chi connectivity index (χ1) is 13.0. The van der Waals surface area contributed by atoms with Gasteiger partial charge < -0.3 is 19.1 Å². The fourth-order valence-corrected chi connectivity index (χ4v) is 2.84. The molecule has 0 spiro atoms. The Kier molecular flexibility index (Phi) is 5.61. The van der Waals surface area contributed by atoms with Gasteiger partial charge in [-0.15, -0.1) is 10.2 Å². The van der Waals surface area contributed by atoms with Crippen LogP contribution < -0.4 is 9.47 Å². The van der Waals surface area contributed by atoms with Crippen LogP contribution in [0.2, 0.25) is 5.02 Å². The maximum Gasteiger partial charge on any atom is 0.302 e. The normalized spacial score (nSPS) is 11.2. The molecule has 8 heteroatoms. The van der Waals surface area contributed by atoms with E-state index in [9.17, 15) is 9.90 Å². The fourth-order valence-electron chi connectivity index (χ4n) is 2.67. The molecule has 1 aromatic heterocycles. The molecule has 3 rings (SSSR count). The molecule has 7 nitrogen and oxygen atoms in total. The molecule has 140 valence electrons. The molecule has 3 aromatic rings. The molecule has 0 radical (unpaired) electrons. The van der Waals surface area contributed by atoms with Crippen LogP contribution >= 0.6 is 11.6 Å². The zero-order valence-electron chi connectivity index (χ0n) is 14.8. The summed E-state index contributed by atoms with van der Waals surface area (Å²) in [6.45, 7) is 2.15. The second-order valence-electron chi connectivity index (χ2n) is 5.64. The SMILES string of the molecule is CCn1c(O)c(N=NC(=O)COc2ccc(OC)cc2)c2cc(Cl)ccc21. The second-order valence-corrected chi connectivity index (χ2v) is 6.07. The number of halogens is 1. The van der Waals surface area contributed by atoms with Crippen molar-refractivity contribution in [3.8, 4) is 17.4 Å². The number of methoxy groups -OCH3 is 1. The van der Waals surface area contributed by atoms with Crippen molar-refractivity contribution in [3.05, 3.63) is 47.5 Å². The minimum absolute atomic E-state index is 0.0672. The Hall–Kier alpha value is -3.06.